The van der Waals surface area contributed by atoms with E-state index in [1.54, 1.807) is 26.1 Å². The van der Waals surface area contributed by atoms with Gasteiger partial charge in [-0.2, -0.15) is 0 Å². The summed E-state index contributed by atoms with van der Waals surface area (Å²) < 4.78 is 29.6. The van der Waals surface area contributed by atoms with Gasteiger partial charge in [0.2, 0.25) is 0 Å². The number of piperazine rings is 1. The molecule has 0 radical (unpaired) electrons. The Balaban J connectivity index is 1.79. The molecule has 7 nitrogen and oxygen atoms in total. The first-order valence-corrected chi connectivity index (χ1v) is 10.2. The summed E-state index contributed by atoms with van der Waals surface area (Å²) in [5.41, 5.74) is 1.11. The molecule has 2 saturated heterocycles. The number of carbonyl (C=O) groups is 1. The SMILES string of the molecule is COc1ccc(CN2CCN(C(=O)N(C)C)[C@H]3CS(=O)(=O)C[C@H]32)cc1. The van der Waals surface area contributed by atoms with E-state index in [9.17, 15) is 13.2 Å². The van der Waals surface area contributed by atoms with Crippen LogP contribution in [0.2, 0.25) is 0 Å². The highest BCUT2D eigenvalue weighted by Gasteiger charge is 2.48. The summed E-state index contributed by atoms with van der Waals surface area (Å²) in [6, 6.07) is 7.27. The van der Waals surface area contributed by atoms with Crippen molar-refractivity contribution in [3.63, 3.8) is 0 Å². The number of hydrogen-bond donors (Lipinski definition) is 0. The molecule has 3 rings (SSSR count). The second-order valence-corrected chi connectivity index (χ2v) is 9.05. The fraction of sp³-hybridized carbons (Fsp3) is 0.588. The summed E-state index contributed by atoms with van der Waals surface area (Å²) in [6.45, 7) is 1.89. The fourth-order valence-electron chi connectivity index (χ4n) is 3.68. The molecule has 2 amide bonds. The summed E-state index contributed by atoms with van der Waals surface area (Å²) >= 11 is 0. The topological polar surface area (TPSA) is 70.2 Å². The molecule has 0 bridgehead atoms. The van der Waals surface area contributed by atoms with E-state index in [1.807, 2.05) is 24.3 Å². The van der Waals surface area contributed by atoms with Gasteiger partial charge in [-0.25, -0.2) is 13.2 Å². The third kappa shape index (κ3) is 3.74. The number of fused-ring (bicyclic) bond motifs is 1. The molecular weight excluding hydrogens is 342 g/mol. The maximum atomic E-state index is 12.4. The summed E-state index contributed by atoms with van der Waals surface area (Å²) in [6.07, 6.45) is 0. The molecule has 0 saturated carbocycles. The Bertz CT molecular complexity index is 733. The molecule has 1 aromatic carbocycles. The Morgan fingerprint density at radius 3 is 2.40 bits per heavy atom. The lowest BCUT2D eigenvalue weighted by Crippen LogP contribution is -2.61. The van der Waals surface area contributed by atoms with Crippen LogP contribution in [0.5, 0.6) is 5.75 Å². The maximum Gasteiger partial charge on any atom is 0.319 e. The summed E-state index contributed by atoms with van der Waals surface area (Å²) in [7, 11) is 1.90. The second-order valence-electron chi connectivity index (χ2n) is 6.90. The zero-order valence-electron chi connectivity index (χ0n) is 14.9. The first kappa shape index (κ1) is 18.0. The highest BCUT2D eigenvalue weighted by Crippen LogP contribution is 2.29. The normalized spacial score (nSPS) is 25.5. The second kappa shape index (κ2) is 6.84. The Morgan fingerprint density at radius 1 is 1.16 bits per heavy atom. The number of amides is 2. The molecule has 0 spiro atoms. The van der Waals surface area contributed by atoms with E-state index in [2.05, 4.69) is 4.90 Å². The van der Waals surface area contributed by atoms with Gasteiger partial charge in [0.25, 0.3) is 0 Å². The van der Waals surface area contributed by atoms with Gasteiger partial charge in [-0.3, -0.25) is 4.90 Å². The van der Waals surface area contributed by atoms with Crippen molar-refractivity contribution in [1.82, 2.24) is 14.7 Å². The fourth-order valence-corrected chi connectivity index (χ4v) is 5.69. The first-order chi connectivity index (χ1) is 11.8. The van der Waals surface area contributed by atoms with Gasteiger partial charge in [-0.15, -0.1) is 0 Å². The van der Waals surface area contributed by atoms with Gasteiger partial charge in [0.05, 0.1) is 24.7 Å². The summed E-state index contributed by atoms with van der Waals surface area (Å²) in [5, 5.41) is 0. The number of ether oxygens (including phenoxy) is 1. The molecule has 8 heteroatoms. The molecule has 0 unspecified atom stereocenters. The molecule has 1 aromatic rings. The average Bonchev–Trinajstić information content (AvgIpc) is 2.90. The van der Waals surface area contributed by atoms with Gasteiger partial charge < -0.3 is 14.5 Å². The molecule has 2 aliphatic heterocycles. The largest absolute Gasteiger partial charge is 0.497 e. The lowest BCUT2D eigenvalue weighted by Gasteiger charge is -2.44. The molecule has 2 fully saturated rings. The number of nitrogens with zero attached hydrogens (tertiary/aromatic N) is 3. The van der Waals surface area contributed by atoms with Crippen molar-refractivity contribution in [2.45, 2.75) is 18.6 Å². The minimum absolute atomic E-state index is 0.0519. The van der Waals surface area contributed by atoms with Gasteiger partial charge in [0.1, 0.15) is 5.75 Å². The van der Waals surface area contributed by atoms with Gasteiger partial charge in [0, 0.05) is 39.8 Å². The number of sulfone groups is 1. The third-order valence-electron chi connectivity index (χ3n) is 4.96. The molecule has 138 valence electrons. The molecule has 0 N–H and O–H groups in total. The van der Waals surface area contributed by atoms with E-state index >= 15 is 0 Å². The van der Waals surface area contributed by atoms with Crippen molar-refractivity contribution in [3.05, 3.63) is 29.8 Å². The Kier molecular flexibility index (Phi) is 4.92. The van der Waals surface area contributed by atoms with Crippen LogP contribution in [0, 0.1) is 0 Å². The standard InChI is InChI=1S/C17H25N3O4S/c1-18(2)17(21)20-9-8-19(15-11-25(22,23)12-16(15)20)10-13-4-6-14(24-3)7-5-13/h4-7,15-16H,8-12H2,1-3H3/t15-,16+/m1/s1. The Hall–Kier alpha value is -1.80. The first-order valence-electron chi connectivity index (χ1n) is 8.36. The zero-order valence-corrected chi connectivity index (χ0v) is 15.7. The van der Waals surface area contributed by atoms with E-state index in [1.165, 1.54) is 4.90 Å². The number of benzene rings is 1. The summed E-state index contributed by atoms with van der Waals surface area (Å²) in [4.78, 5) is 17.8. The number of urea groups is 1. The van der Waals surface area contributed by atoms with Crippen LogP contribution >= 0.6 is 0 Å². The van der Waals surface area contributed by atoms with Crippen LogP contribution in [0.1, 0.15) is 5.56 Å². The minimum Gasteiger partial charge on any atom is -0.497 e. The smallest absolute Gasteiger partial charge is 0.319 e. The van der Waals surface area contributed by atoms with Crippen LogP contribution < -0.4 is 4.74 Å². The molecule has 2 atom stereocenters. The Labute approximate surface area is 149 Å². The lowest BCUT2D eigenvalue weighted by molar-refractivity contribution is 0.0520. The number of carbonyl (C=O) groups excluding carboxylic acids is 1. The number of methoxy groups -OCH3 is 1. The van der Waals surface area contributed by atoms with Crippen LogP contribution in [-0.4, -0.2) is 87.0 Å². The highest BCUT2D eigenvalue weighted by molar-refractivity contribution is 7.91. The molecule has 25 heavy (non-hydrogen) atoms. The highest BCUT2D eigenvalue weighted by atomic mass is 32.2. The van der Waals surface area contributed by atoms with Gasteiger partial charge in [-0.05, 0) is 17.7 Å². The number of rotatable bonds is 3. The van der Waals surface area contributed by atoms with Gasteiger partial charge >= 0.3 is 6.03 Å². The molecular formula is C17H25N3O4S. The van der Waals surface area contributed by atoms with Crippen molar-refractivity contribution in [2.75, 3.05) is 45.8 Å². The van der Waals surface area contributed by atoms with E-state index in [-0.39, 0.29) is 29.6 Å². The summed E-state index contributed by atoms with van der Waals surface area (Å²) in [5.74, 6) is 0.966. The predicted octanol–water partition coefficient (Wildman–Crippen LogP) is 0.660. The molecule has 0 aliphatic carbocycles. The third-order valence-corrected chi connectivity index (χ3v) is 6.66. The van der Waals surface area contributed by atoms with Gasteiger partial charge in [-0.1, -0.05) is 12.1 Å². The van der Waals surface area contributed by atoms with Crippen molar-refractivity contribution >= 4 is 15.9 Å². The van der Waals surface area contributed by atoms with E-state index < -0.39 is 9.84 Å². The van der Waals surface area contributed by atoms with Crippen LogP contribution in [0.25, 0.3) is 0 Å². The average molecular weight is 367 g/mol. The van der Waals surface area contributed by atoms with Gasteiger partial charge in [0.15, 0.2) is 9.84 Å². The monoisotopic (exact) mass is 367 g/mol. The van der Waals surface area contributed by atoms with E-state index in [4.69, 9.17) is 4.74 Å². The van der Waals surface area contributed by atoms with Crippen molar-refractivity contribution in [3.8, 4) is 5.75 Å². The predicted molar refractivity (Wildman–Crippen MR) is 95.4 cm³/mol. The lowest BCUT2D eigenvalue weighted by atomic mass is 10.0. The van der Waals surface area contributed by atoms with Crippen LogP contribution in [0.4, 0.5) is 4.79 Å². The molecule has 0 aromatic heterocycles. The minimum atomic E-state index is -3.13. The van der Waals surface area contributed by atoms with Crippen LogP contribution in [-0.2, 0) is 16.4 Å². The quantitative estimate of drug-likeness (QED) is 0.785. The van der Waals surface area contributed by atoms with E-state index in [0.717, 1.165) is 11.3 Å². The molecule has 2 aliphatic rings. The maximum absolute atomic E-state index is 12.4. The van der Waals surface area contributed by atoms with E-state index in [0.29, 0.717) is 19.6 Å². The number of hydrogen-bond acceptors (Lipinski definition) is 5. The Morgan fingerprint density at radius 2 is 1.80 bits per heavy atom. The molecule has 2 heterocycles. The zero-order chi connectivity index (χ0) is 18.2. The van der Waals surface area contributed by atoms with Crippen molar-refractivity contribution in [2.24, 2.45) is 0 Å². The van der Waals surface area contributed by atoms with Crippen molar-refractivity contribution in [1.29, 1.82) is 0 Å². The van der Waals surface area contributed by atoms with Crippen molar-refractivity contribution < 1.29 is 17.9 Å². The van der Waals surface area contributed by atoms with Crippen LogP contribution in [0.15, 0.2) is 24.3 Å². The van der Waals surface area contributed by atoms with Crippen LogP contribution in [0.3, 0.4) is 0 Å².